The Morgan fingerprint density at radius 1 is 1.08 bits per heavy atom. The highest BCUT2D eigenvalue weighted by atomic mass is 16.5. The van der Waals surface area contributed by atoms with Gasteiger partial charge >= 0.3 is 6.03 Å². The van der Waals surface area contributed by atoms with Crippen LogP contribution < -0.4 is 16.4 Å². The van der Waals surface area contributed by atoms with Gasteiger partial charge in [-0.3, -0.25) is 14.8 Å². The Kier molecular flexibility index (Phi) is 7.23. The summed E-state index contributed by atoms with van der Waals surface area (Å²) in [5, 5.41) is 15.3. The molecule has 10 nitrogen and oxygen atoms in total. The summed E-state index contributed by atoms with van der Waals surface area (Å²) in [6.45, 7) is 1.79. The van der Waals surface area contributed by atoms with Gasteiger partial charge in [-0.1, -0.05) is 48.5 Å². The highest BCUT2D eigenvalue weighted by molar-refractivity contribution is 5.91. The number of nitrogens with two attached hydrogens (primary N) is 1. The molecule has 10 heteroatoms. The molecule has 0 spiro atoms. The van der Waals surface area contributed by atoms with E-state index in [9.17, 15) is 9.59 Å². The summed E-state index contributed by atoms with van der Waals surface area (Å²) in [5.74, 6) is 0.0960. The van der Waals surface area contributed by atoms with Crippen molar-refractivity contribution < 1.29 is 14.3 Å². The fourth-order valence-corrected chi connectivity index (χ4v) is 5.08. The van der Waals surface area contributed by atoms with Crippen LogP contribution in [0.5, 0.6) is 0 Å². The lowest BCUT2D eigenvalue weighted by Crippen LogP contribution is -2.40. The number of rotatable bonds is 8. The Morgan fingerprint density at radius 3 is 2.45 bits per heavy atom. The molecule has 0 bridgehead atoms. The summed E-state index contributed by atoms with van der Waals surface area (Å²) in [6.07, 6.45) is 4.70. The zero-order valence-corrected chi connectivity index (χ0v) is 21.4. The molecule has 2 aromatic carbocycles. The summed E-state index contributed by atoms with van der Waals surface area (Å²) in [5.41, 5.74) is 9.63. The van der Waals surface area contributed by atoms with E-state index < -0.39 is 5.91 Å². The number of anilines is 1. The van der Waals surface area contributed by atoms with Crippen LogP contribution in [-0.4, -0.2) is 50.3 Å². The molecule has 0 unspecified atom stereocenters. The number of urea groups is 1. The predicted molar refractivity (Wildman–Crippen MR) is 144 cm³/mol. The lowest BCUT2D eigenvalue weighted by atomic mass is 9.94. The first-order chi connectivity index (χ1) is 18.4. The Balaban J connectivity index is 1.40. The standard InChI is InChI=1S/C28H31N7O3/c1-18-26(20-15-30-34(2)16-20)33-35(21-11-7-4-8-12-21)27(18)32-28(37)31-24-14-22(38-17-25(29)36)13-23(24)19-9-5-3-6-10-19/h3-12,15-16,22-24H,13-14,17H2,1-2H3,(H2,29,36)(H2,31,32,37)/t22-,23-,24+/m0/s1. The molecule has 0 aliphatic heterocycles. The molecule has 0 radical (unpaired) electrons. The molecule has 5 rings (SSSR count). The van der Waals surface area contributed by atoms with Crippen LogP contribution in [0, 0.1) is 6.92 Å². The van der Waals surface area contributed by atoms with Gasteiger partial charge in [-0.15, -0.1) is 0 Å². The molecule has 1 aliphatic carbocycles. The van der Waals surface area contributed by atoms with Crippen LogP contribution >= 0.6 is 0 Å². The second kappa shape index (κ2) is 10.9. The van der Waals surface area contributed by atoms with Gasteiger partial charge in [0.1, 0.15) is 18.1 Å². The molecule has 4 N–H and O–H groups in total. The zero-order chi connectivity index (χ0) is 26.6. The summed E-state index contributed by atoms with van der Waals surface area (Å²) < 4.78 is 9.18. The van der Waals surface area contributed by atoms with Crippen molar-refractivity contribution in [3.63, 3.8) is 0 Å². The second-order valence-electron chi connectivity index (χ2n) is 9.57. The maximum atomic E-state index is 13.4. The molecule has 1 aliphatic rings. The van der Waals surface area contributed by atoms with Crippen molar-refractivity contribution in [2.75, 3.05) is 11.9 Å². The lowest BCUT2D eigenvalue weighted by molar-refractivity contribution is -0.124. The first-order valence-corrected chi connectivity index (χ1v) is 12.6. The van der Waals surface area contributed by atoms with E-state index in [0.29, 0.717) is 18.7 Å². The molecule has 2 aromatic heterocycles. The Labute approximate surface area is 220 Å². The number of hydrogen-bond acceptors (Lipinski definition) is 5. The molecular formula is C28H31N7O3. The van der Waals surface area contributed by atoms with Gasteiger partial charge in [0.2, 0.25) is 5.91 Å². The van der Waals surface area contributed by atoms with Crippen LogP contribution in [0.4, 0.5) is 10.6 Å². The summed E-state index contributed by atoms with van der Waals surface area (Å²) in [6, 6.07) is 19.1. The van der Waals surface area contributed by atoms with Gasteiger partial charge in [-0.2, -0.15) is 10.2 Å². The van der Waals surface area contributed by atoms with Gasteiger partial charge in [0.15, 0.2) is 0 Å². The molecular weight excluding hydrogens is 482 g/mol. The van der Waals surface area contributed by atoms with E-state index in [2.05, 4.69) is 15.7 Å². The number of amides is 3. The molecule has 1 saturated carbocycles. The minimum absolute atomic E-state index is 0.0333. The van der Waals surface area contributed by atoms with Crippen molar-refractivity contribution in [1.82, 2.24) is 24.9 Å². The van der Waals surface area contributed by atoms with Crippen molar-refractivity contribution in [3.05, 3.63) is 84.2 Å². The molecule has 1 fully saturated rings. The van der Waals surface area contributed by atoms with E-state index in [0.717, 1.165) is 28.1 Å². The van der Waals surface area contributed by atoms with Crippen molar-refractivity contribution in [3.8, 4) is 16.9 Å². The lowest BCUT2D eigenvalue weighted by Gasteiger charge is -2.21. The minimum atomic E-state index is -0.510. The van der Waals surface area contributed by atoms with Gasteiger partial charge in [0.05, 0.1) is 18.0 Å². The van der Waals surface area contributed by atoms with Crippen LogP contribution in [0.3, 0.4) is 0 Å². The number of carbonyl (C=O) groups is 2. The van der Waals surface area contributed by atoms with E-state index in [-0.39, 0.29) is 30.7 Å². The molecule has 38 heavy (non-hydrogen) atoms. The molecule has 3 amide bonds. The smallest absolute Gasteiger partial charge is 0.320 e. The second-order valence-corrected chi connectivity index (χ2v) is 9.57. The number of benzene rings is 2. The predicted octanol–water partition coefficient (Wildman–Crippen LogP) is 3.52. The third-order valence-electron chi connectivity index (χ3n) is 6.86. The fourth-order valence-electron chi connectivity index (χ4n) is 5.08. The largest absolute Gasteiger partial charge is 0.368 e. The third kappa shape index (κ3) is 5.45. The highest BCUT2D eigenvalue weighted by Gasteiger charge is 2.37. The van der Waals surface area contributed by atoms with Crippen molar-refractivity contribution in [2.24, 2.45) is 12.8 Å². The first-order valence-electron chi connectivity index (χ1n) is 12.6. The van der Waals surface area contributed by atoms with Crippen LogP contribution in [0.2, 0.25) is 0 Å². The topological polar surface area (TPSA) is 129 Å². The molecule has 4 aromatic rings. The highest BCUT2D eigenvalue weighted by Crippen LogP contribution is 2.37. The van der Waals surface area contributed by atoms with E-state index in [1.54, 1.807) is 15.6 Å². The SMILES string of the molecule is Cc1c(-c2cnn(C)c2)nn(-c2ccccc2)c1NC(=O)N[C@@H]1C[C@@H](OCC(N)=O)C[C@H]1c1ccccc1. The molecule has 3 atom stereocenters. The summed E-state index contributed by atoms with van der Waals surface area (Å²) >= 11 is 0. The van der Waals surface area contributed by atoms with Crippen molar-refractivity contribution in [1.29, 1.82) is 0 Å². The van der Waals surface area contributed by atoms with Crippen molar-refractivity contribution >= 4 is 17.8 Å². The van der Waals surface area contributed by atoms with E-state index in [1.807, 2.05) is 80.8 Å². The van der Waals surface area contributed by atoms with Crippen molar-refractivity contribution in [2.45, 2.75) is 37.8 Å². The van der Waals surface area contributed by atoms with Gasteiger partial charge in [0.25, 0.3) is 0 Å². The monoisotopic (exact) mass is 513 g/mol. The quantitative estimate of drug-likeness (QED) is 0.332. The number of ether oxygens (including phenoxy) is 1. The van der Waals surface area contributed by atoms with Gasteiger partial charge in [-0.05, 0) is 37.5 Å². The number of nitrogens with zero attached hydrogens (tertiary/aromatic N) is 4. The average Bonchev–Trinajstić information content (AvgIpc) is 3.61. The number of carbonyl (C=O) groups excluding carboxylic acids is 2. The third-order valence-corrected chi connectivity index (χ3v) is 6.86. The van der Waals surface area contributed by atoms with E-state index in [1.165, 1.54) is 0 Å². The van der Waals surface area contributed by atoms with Gasteiger partial charge in [0, 0.05) is 36.3 Å². The zero-order valence-electron chi connectivity index (χ0n) is 21.4. The molecule has 2 heterocycles. The molecule has 196 valence electrons. The van der Waals surface area contributed by atoms with Gasteiger partial charge in [-0.25, -0.2) is 9.48 Å². The van der Waals surface area contributed by atoms with E-state index in [4.69, 9.17) is 15.6 Å². The summed E-state index contributed by atoms with van der Waals surface area (Å²) in [4.78, 5) is 24.7. The van der Waals surface area contributed by atoms with Crippen LogP contribution in [0.25, 0.3) is 16.9 Å². The maximum Gasteiger partial charge on any atom is 0.320 e. The Hall–Kier alpha value is -4.44. The Morgan fingerprint density at radius 2 is 1.79 bits per heavy atom. The number of aryl methyl sites for hydroxylation is 1. The maximum absolute atomic E-state index is 13.4. The fraction of sp³-hybridized carbons (Fsp3) is 0.286. The number of aromatic nitrogens is 4. The number of hydrogen-bond donors (Lipinski definition) is 3. The van der Waals surface area contributed by atoms with Crippen LogP contribution in [0.15, 0.2) is 73.1 Å². The normalized spacial score (nSPS) is 18.8. The molecule has 0 saturated heterocycles. The summed E-state index contributed by atoms with van der Waals surface area (Å²) in [7, 11) is 1.85. The van der Waals surface area contributed by atoms with Gasteiger partial charge < -0.3 is 15.8 Å². The number of nitrogens with one attached hydrogen (secondary N) is 2. The number of primary amides is 1. The van der Waals surface area contributed by atoms with Crippen LogP contribution in [-0.2, 0) is 16.6 Å². The Bertz CT molecular complexity index is 1410. The number of para-hydroxylation sites is 1. The average molecular weight is 514 g/mol. The van der Waals surface area contributed by atoms with Crippen LogP contribution in [0.1, 0.15) is 29.9 Å². The van der Waals surface area contributed by atoms with E-state index >= 15 is 0 Å². The first kappa shape index (κ1) is 25.2. The minimum Gasteiger partial charge on any atom is -0.368 e.